The summed E-state index contributed by atoms with van der Waals surface area (Å²) in [5.74, 6) is 1.17. The zero-order chi connectivity index (χ0) is 21.4. The van der Waals surface area contributed by atoms with E-state index in [1.165, 1.54) is 89.0 Å². The maximum absolute atomic E-state index is 10.5. The van der Waals surface area contributed by atoms with E-state index in [1.807, 2.05) is 36.4 Å². The molecule has 0 heterocycles. The molecular weight excluding hydrogens is 368 g/mol. The van der Waals surface area contributed by atoms with Gasteiger partial charge >= 0.3 is 0 Å². The summed E-state index contributed by atoms with van der Waals surface area (Å²) < 4.78 is 5.29. The Morgan fingerprint density at radius 1 is 0.700 bits per heavy atom. The van der Waals surface area contributed by atoms with Crippen LogP contribution >= 0.6 is 0 Å². The second kappa shape index (κ2) is 14.9. The lowest BCUT2D eigenvalue weighted by Crippen LogP contribution is -1.89. The lowest BCUT2D eigenvalue weighted by molar-refractivity contribution is 0.415. The average Bonchev–Trinajstić information content (AvgIpc) is 2.77. The number of unbranched alkanes of at least 4 members (excludes halogenated alkanes) is 12. The van der Waals surface area contributed by atoms with Crippen molar-refractivity contribution in [2.75, 3.05) is 7.11 Å². The minimum Gasteiger partial charge on any atom is -0.507 e. The van der Waals surface area contributed by atoms with Crippen molar-refractivity contribution in [1.82, 2.24) is 0 Å². The van der Waals surface area contributed by atoms with Gasteiger partial charge in [0.1, 0.15) is 11.5 Å². The fourth-order valence-electron chi connectivity index (χ4n) is 4.11. The maximum atomic E-state index is 10.5. The molecule has 0 aliphatic carbocycles. The van der Waals surface area contributed by atoms with Crippen LogP contribution in [0.4, 0.5) is 0 Å². The summed E-state index contributed by atoms with van der Waals surface area (Å²) >= 11 is 0. The van der Waals surface area contributed by atoms with Crippen LogP contribution in [-0.4, -0.2) is 12.2 Å². The molecule has 2 rings (SSSR count). The summed E-state index contributed by atoms with van der Waals surface area (Å²) in [6.45, 7) is 2.28. The van der Waals surface area contributed by atoms with Gasteiger partial charge in [0.25, 0.3) is 0 Å². The molecule has 2 aromatic rings. The van der Waals surface area contributed by atoms with Gasteiger partial charge in [0.15, 0.2) is 0 Å². The topological polar surface area (TPSA) is 29.5 Å². The standard InChI is InChI=1S/C28H42O2/c1-3-4-5-6-7-8-9-10-11-12-13-14-15-17-24-20-21-27(28(29)22-24)25-18-16-19-26(23-25)30-2/h16,18-23,29H,3-15,17H2,1-2H3. The van der Waals surface area contributed by atoms with Crippen LogP contribution < -0.4 is 4.74 Å². The van der Waals surface area contributed by atoms with E-state index in [0.717, 1.165) is 23.3 Å². The number of rotatable bonds is 16. The van der Waals surface area contributed by atoms with Gasteiger partial charge in [-0.2, -0.15) is 0 Å². The summed E-state index contributed by atoms with van der Waals surface area (Å²) in [7, 11) is 1.66. The van der Waals surface area contributed by atoms with Crippen molar-refractivity contribution in [2.45, 2.75) is 96.8 Å². The second-order valence-corrected chi connectivity index (χ2v) is 8.58. The molecule has 0 aliphatic heterocycles. The molecule has 2 nitrogen and oxygen atoms in total. The number of benzene rings is 2. The van der Waals surface area contributed by atoms with Crippen LogP contribution in [-0.2, 0) is 6.42 Å². The molecule has 1 N–H and O–H groups in total. The zero-order valence-electron chi connectivity index (χ0n) is 19.3. The van der Waals surface area contributed by atoms with Crippen molar-refractivity contribution in [3.8, 4) is 22.6 Å². The molecule has 0 atom stereocenters. The van der Waals surface area contributed by atoms with Gasteiger partial charge in [0.2, 0.25) is 0 Å². The number of hydrogen-bond acceptors (Lipinski definition) is 2. The molecule has 166 valence electrons. The molecule has 0 aliphatic rings. The number of hydrogen-bond donors (Lipinski definition) is 1. The monoisotopic (exact) mass is 410 g/mol. The highest BCUT2D eigenvalue weighted by atomic mass is 16.5. The number of phenolic OH excluding ortho intramolecular Hbond substituents is 1. The molecular formula is C28H42O2. The SMILES string of the molecule is CCCCCCCCCCCCCCCc1ccc(-c2cccc(OC)c2)c(O)c1. The van der Waals surface area contributed by atoms with E-state index < -0.39 is 0 Å². The highest BCUT2D eigenvalue weighted by Gasteiger charge is 2.07. The van der Waals surface area contributed by atoms with Crippen LogP contribution in [0.1, 0.15) is 96.0 Å². The van der Waals surface area contributed by atoms with E-state index >= 15 is 0 Å². The Labute approximate surface area is 184 Å². The molecule has 30 heavy (non-hydrogen) atoms. The van der Waals surface area contributed by atoms with E-state index in [4.69, 9.17) is 4.74 Å². The van der Waals surface area contributed by atoms with E-state index in [-0.39, 0.29) is 0 Å². The van der Waals surface area contributed by atoms with Gasteiger partial charge < -0.3 is 9.84 Å². The summed E-state index contributed by atoms with van der Waals surface area (Å²) in [5, 5.41) is 10.5. The van der Waals surface area contributed by atoms with Gasteiger partial charge in [-0.15, -0.1) is 0 Å². The molecule has 0 spiro atoms. The van der Waals surface area contributed by atoms with E-state index in [9.17, 15) is 5.11 Å². The Hall–Kier alpha value is -1.96. The molecule has 0 aromatic heterocycles. The summed E-state index contributed by atoms with van der Waals surface area (Å²) in [5.41, 5.74) is 3.07. The first kappa shape index (κ1) is 24.3. The second-order valence-electron chi connectivity index (χ2n) is 8.58. The smallest absolute Gasteiger partial charge is 0.123 e. The number of ether oxygens (including phenoxy) is 1. The quantitative estimate of drug-likeness (QED) is 0.280. The van der Waals surface area contributed by atoms with Crippen LogP contribution in [0, 0.1) is 0 Å². The predicted octanol–water partition coefficient (Wildman–Crippen LogP) is 8.70. The highest BCUT2D eigenvalue weighted by Crippen LogP contribution is 2.32. The first-order valence-corrected chi connectivity index (χ1v) is 12.2. The minimum absolute atomic E-state index is 0.357. The van der Waals surface area contributed by atoms with Crippen LogP contribution in [0.5, 0.6) is 11.5 Å². The van der Waals surface area contributed by atoms with Gasteiger partial charge in [-0.3, -0.25) is 0 Å². The third-order valence-corrected chi connectivity index (χ3v) is 6.01. The lowest BCUT2D eigenvalue weighted by atomic mass is 9.99. The van der Waals surface area contributed by atoms with E-state index in [2.05, 4.69) is 13.0 Å². The van der Waals surface area contributed by atoms with Gasteiger partial charge in [0, 0.05) is 5.56 Å². The molecule has 0 fully saturated rings. The third kappa shape index (κ3) is 9.24. The molecule has 2 heteroatoms. The number of phenols is 1. The van der Waals surface area contributed by atoms with Crippen molar-refractivity contribution >= 4 is 0 Å². The van der Waals surface area contributed by atoms with Crippen molar-refractivity contribution in [3.63, 3.8) is 0 Å². The van der Waals surface area contributed by atoms with Gasteiger partial charge in [-0.25, -0.2) is 0 Å². The molecule has 0 amide bonds. The summed E-state index contributed by atoms with van der Waals surface area (Å²) in [4.78, 5) is 0. The largest absolute Gasteiger partial charge is 0.507 e. The van der Waals surface area contributed by atoms with Crippen LogP contribution in [0.3, 0.4) is 0 Å². The Bertz CT molecular complexity index is 708. The van der Waals surface area contributed by atoms with Gasteiger partial charge in [-0.1, -0.05) is 108 Å². The van der Waals surface area contributed by atoms with Gasteiger partial charge in [-0.05, 0) is 42.2 Å². The Kier molecular flexibility index (Phi) is 12.1. The summed E-state index contributed by atoms with van der Waals surface area (Å²) in [6, 6.07) is 13.9. The van der Waals surface area contributed by atoms with Crippen molar-refractivity contribution < 1.29 is 9.84 Å². The molecule has 0 bridgehead atoms. The number of aromatic hydroxyl groups is 1. The van der Waals surface area contributed by atoms with Crippen molar-refractivity contribution in [3.05, 3.63) is 48.0 Å². The molecule has 0 saturated heterocycles. The maximum Gasteiger partial charge on any atom is 0.123 e. The van der Waals surface area contributed by atoms with Gasteiger partial charge in [0.05, 0.1) is 7.11 Å². The fourth-order valence-corrected chi connectivity index (χ4v) is 4.11. The normalized spacial score (nSPS) is 11.0. The van der Waals surface area contributed by atoms with Crippen LogP contribution in [0.2, 0.25) is 0 Å². The number of aryl methyl sites for hydroxylation is 1. The lowest BCUT2D eigenvalue weighted by Gasteiger charge is -2.09. The van der Waals surface area contributed by atoms with E-state index in [0.29, 0.717) is 5.75 Å². The molecule has 2 aromatic carbocycles. The number of methoxy groups -OCH3 is 1. The average molecular weight is 411 g/mol. The Balaban J connectivity index is 1.57. The third-order valence-electron chi connectivity index (χ3n) is 6.01. The predicted molar refractivity (Wildman–Crippen MR) is 129 cm³/mol. The molecule has 0 radical (unpaired) electrons. The molecule has 0 saturated carbocycles. The Morgan fingerprint density at radius 3 is 1.87 bits per heavy atom. The zero-order valence-corrected chi connectivity index (χ0v) is 19.3. The minimum atomic E-state index is 0.357. The first-order valence-electron chi connectivity index (χ1n) is 12.2. The van der Waals surface area contributed by atoms with Crippen LogP contribution in [0.15, 0.2) is 42.5 Å². The molecule has 0 unspecified atom stereocenters. The highest BCUT2D eigenvalue weighted by molar-refractivity contribution is 5.71. The van der Waals surface area contributed by atoms with Crippen LogP contribution in [0.25, 0.3) is 11.1 Å². The fraction of sp³-hybridized carbons (Fsp3) is 0.571. The van der Waals surface area contributed by atoms with E-state index in [1.54, 1.807) is 7.11 Å². The van der Waals surface area contributed by atoms with Crippen molar-refractivity contribution in [2.24, 2.45) is 0 Å². The van der Waals surface area contributed by atoms with Crippen molar-refractivity contribution in [1.29, 1.82) is 0 Å². The summed E-state index contributed by atoms with van der Waals surface area (Å²) in [6.07, 6.45) is 18.9. The first-order chi connectivity index (χ1) is 14.7. The Morgan fingerprint density at radius 2 is 1.30 bits per heavy atom.